The number of methoxy groups -OCH3 is 1. The second-order valence-electron chi connectivity index (χ2n) is 3.87. The highest BCUT2D eigenvalue weighted by Gasteiger charge is 2.13. The van der Waals surface area contributed by atoms with Crippen molar-refractivity contribution in [2.75, 3.05) is 20.3 Å². The molecule has 6 nitrogen and oxygen atoms in total. The number of carbonyl (C=O) groups is 1. The molecule has 0 bridgehead atoms. The largest absolute Gasteiger partial charge is 0.472 e. The topological polar surface area (TPSA) is 84.6 Å². The van der Waals surface area contributed by atoms with E-state index in [4.69, 9.17) is 9.15 Å². The zero-order valence-corrected chi connectivity index (χ0v) is 11.1. The lowest BCUT2D eigenvalue weighted by atomic mass is 10.3. The second kappa shape index (κ2) is 6.46. The zero-order valence-electron chi connectivity index (χ0n) is 10.3. The van der Waals surface area contributed by atoms with Gasteiger partial charge in [0.1, 0.15) is 17.0 Å². The third kappa shape index (κ3) is 3.63. The SMILES string of the molecule is COCC(O)CNC(=O)c1csc(-c2ccoc2)n1. The molecular weight excluding hydrogens is 268 g/mol. The lowest BCUT2D eigenvalue weighted by Crippen LogP contribution is -2.34. The van der Waals surface area contributed by atoms with Crippen LogP contribution >= 0.6 is 11.3 Å². The fourth-order valence-corrected chi connectivity index (χ4v) is 2.24. The number of ether oxygens (including phenoxy) is 1. The average Bonchev–Trinajstić information content (AvgIpc) is 3.06. The Labute approximate surface area is 114 Å². The van der Waals surface area contributed by atoms with Crippen LogP contribution in [0.25, 0.3) is 10.6 Å². The van der Waals surface area contributed by atoms with E-state index in [1.165, 1.54) is 18.4 Å². The van der Waals surface area contributed by atoms with Gasteiger partial charge in [-0.15, -0.1) is 11.3 Å². The minimum absolute atomic E-state index is 0.130. The number of furan rings is 1. The Morgan fingerprint density at radius 2 is 2.53 bits per heavy atom. The summed E-state index contributed by atoms with van der Waals surface area (Å²) in [5.41, 5.74) is 1.16. The number of amides is 1. The van der Waals surface area contributed by atoms with Gasteiger partial charge < -0.3 is 19.6 Å². The van der Waals surface area contributed by atoms with Crippen molar-refractivity contribution in [3.8, 4) is 10.6 Å². The van der Waals surface area contributed by atoms with Crippen LogP contribution in [-0.2, 0) is 4.74 Å². The van der Waals surface area contributed by atoms with Crippen molar-refractivity contribution in [2.24, 2.45) is 0 Å². The van der Waals surface area contributed by atoms with Gasteiger partial charge in [-0.05, 0) is 6.07 Å². The predicted octanol–water partition coefficient (Wildman–Crippen LogP) is 1.14. The summed E-state index contributed by atoms with van der Waals surface area (Å²) in [6.45, 7) is 0.308. The maximum Gasteiger partial charge on any atom is 0.270 e. The number of nitrogens with one attached hydrogen (secondary N) is 1. The molecule has 2 rings (SSSR count). The Bertz CT molecular complexity index is 524. The van der Waals surface area contributed by atoms with Gasteiger partial charge in [0.2, 0.25) is 0 Å². The molecule has 0 aliphatic rings. The Kier molecular flexibility index (Phi) is 4.67. The lowest BCUT2D eigenvalue weighted by molar-refractivity contribution is 0.0609. The number of thiazole rings is 1. The monoisotopic (exact) mass is 282 g/mol. The lowest BCUT2D eigenvalue weighted by Gasteiger charge is -2.09. The Morgan fingerprint density at radius 3 is 3.21 bits per heavy atom. The highest BCUT2D eigenvalue weighted by atomic mass is 32.1. The molecule has 2 heterocycles. The van der Waals surface area contributed by atoms with Crippen LogP contribution in [0.4, 0.5) is 0 Å². The van der Waals surface area contributed by atoms with Crippen LogP contribution < -0.4 is 5.32 Å². The molecule has 0 saturated carbocycles. The van der Waals surface area contributed by atoms with Gasteiger partial charge in [-0.3, -0.25) is 4.79 Å². The Hall–Kier alpha value is -1.70. The number of nitrogens with zero attached hydrogens (tertiary/aromatic N) is 1. The Balaban J connectivity index is 1.93. The summed E-state index contributed by atoms with van der Waals surface area (Å²) in [7, 11) is 1.49. The van der Waals surface area contributed by atoms with Crippen LogP contribution in [0.15, 0.2) is 28.4 Å². The number of aliphatic hydroxyl groups is 1. The number of hydrogen-bond donors (Lipinski definition) is 2. The molecule has 1 amide bonds. The van der Waals surface area contributed by atoms with Crippen LogP contribution in [-0.4, -0.2) is 42.4 Å². The van der Waals surface area contributed by atoms with E-state index in [9.17, 15) is 9.90 Å². The van der Waals surface area contributed by atoms with E-state index in [0.29, 0.717) is 5.69 Å². The van der Waals surface area contributed by atoms with E-state index < -0.39 is 6.10 Å². The van der Waals surface area contributed by atoms with Gasteiger partial charge in [-0.2, -0.15) is 0 Å². The average molecular weight is 282 g/mol. The molecule has 0 radical (unpaired) electrons. The molecule has 0 aromatic carbocycles. The third-order valence-corrected chi connectivity index (χ3v) is 3.25. The van der Waals surface area contributed by atoms with E-state index in [2.05, 4.69) is 10.3 Å². The molecule has 2 aromatic rings. The number of aromatic nitrogens is 1. The van der Waals surface area contributed by atoms with Crippen LogP contribution in [0.2, 0.25) is 0 Å². The summed E-state index contributed by atoms with van der Waals surface area (Å²) in [4.78, 5) is 16.0. The molecule has 1 unspecified atom stereocenters. The standard InChI is InChI=1S/C12H14N2O4S/c1-17-6-9(15)4-13-11(16)10-7-19-12(14-10)8-2-3-18-5-8/h2-3,5,7,9,15H,4,6H2,1H3,(H,13,16). The van der Waals surface area contributed by atoms with Crippen LogP contribution in [0.3, 0.4) is 0 Å². The van der Waals surface area contributed by atoms with Gasteiger partial charge >= 0.3 is 0 Å². The summed E-state index contributed by atoms with van der Waals surface area (Å²) in [5, 5.41) is 14.4. The summed E-state index contributed by atoms with van der Waals surface area (Å²) in [6.07, 6.45) is 2.40. The molecule has 7 heteroatoms. The fourth-order valence-electron chi connectivity index (χ4n) is 1.45. The van der Waals surface area contributed by atoms with Crippen molar-refractivity contribution >= 4 is 17.2 Å². The van der Waals surface area contributed by atoms with Crippen LogP contribution in [0.5, 0.6) is 0 Å². The Morgan fingerprint density at radius 1 is 1.68 bits per heavy atom. The number of hydrogen-bond acceptors (Lipinski definition) is 6. The first-order chi connectivity index (χ1) is 9.20. The molecule has 0 fully saturated rings. The first kappa shape index (κ1) is 13.7. The van der Waals surface area contributed by atoms with Gasteiger partial charge in [0.15, 0.2) is 0 Å². The van der Waals surface area contributed by atoms with Gasteiger partial charge in [-0.1, -0.05) is 0 Å². The molecule has 2 aromatic heterocycles. The zero-order chi connectivity index (χ0) is 13.7. The van der Waals surface area contributed by atoms with E-state index in [-0.39, 0.29) is 19.1 Å². The van der Waals surface area contributed by atoms with E-state index >= 15 is 0 Å². The van der Waals surface area contributed by atoms with Crippen molar-refractivity contribution in [3.63, 3.8) is 0 Å². The molecule has 0 saturated heterocycles. The van der Waals surface area contributed by atoms with Crippen molar-refractivity contribution in [1.29, 1.82) is 0 Å². The molecule has 1 atom stereocenters. The normalized spacial score (nSPS) is 12.3. The highest BCUT2D eigenvalue weighted by Crippen LogP contribution is 2.23. The molecule has 102 valence electrons. The molecule has 19 heavy (non-hydrogen) atoms. The maximum atomic E-state index is 11.8. The molecule has 2 N–H and O–H groups in total. The maximum absolute atomic E-state index is 11.8. The van der Waals surface area contributed by atoms with Gasteiger partial charge in [-0.25, -0.2) is 4.98 Å². The van der Waals surface area contributed by atoms with E-state index in [1.807, 2.05) is 0 Å². The summed E-state index contributed by atoms with van der Waals surface area (Å²) in [6, 6.07) is 1.78. The first-order valence-corrected chi connectivity index (χ1v) is 6.52. The summed E-state index contributed by atoms with van der Waals surface area (Å²) in [5.74, 6) is -0.318. The van der Waals surface area contributed by atoms with Crippen LogP contribution in [0, 0.1) is 0 Å². The number of rotatable bonds is 6. The van der Waals surface area contributed by atoms with Crippen LogP contribution in [0.1, 0.15) is 10.5 Å². The number of aliphatic hydroxyl groups excluding tert-OH is 1. The van der Waals surface area contributed by atoms with Gasteiger partial charge in [0.05, 0.1) is 19.0 Å². The third-order valence-electron chi connectivity index (χ3n) is 2.36. The van der Waals surface area contributed by atoms with E-state index in [1.54, 1.807) is 24.0 Å². The molecular formula is C12H14N2O4S. The number of carbonyl (C=O) groups excluding carboxylic acids is 1. The molecule has 0 spiro atoms. The van der Waals surface area contributed by atoms with Crippen molar-refractivity contribution in [3.05, 3.63) is 29.7 Å². The minimum Gasteiger partial charge on any atom is -0.472 e. The highest BCUT2D eigenvalue weighted by molar-refractivity contribution is 7.13. The second-order valence-corrected chi connectivity index (χ2v) is 4.73. The molecule has 0 aliphatic carbocycles. The van der Waals surface area contributed by atoms with Crippen molar-refractivity contribution in [2.45, 2.75) is 6.10 Å². The summed E-state index contributed by atoms with van der Waals surface area (Å²) >= 11 is 1.36. The van der Waals surface area contributed by atoms with Crippen molar-refractivity contribution < 1.29 is 19.1 Å². The minimum atomic E-state index is -0.721. The quantitative estimate of drug-likeness (QED) is 0.830. The fraction of sp³-hybridized carbons (Fsp3) is 0.333. The van der Waals surface area contributed by atoms with Gasteiger partial charge in [0.25, 0.3) is 5.91 Å². The van der Waals surface area contributed by atoms with Crippen molar-refractivity contribution in [1.82, 2.24) is 10.3 Å². The first-order valence-electron chi connectivity index (χ1n) is 5.64. The van der Waals surface area contributed by atoms with E-state index in [0.717, 1.165) is 10.6 Å². The smallest absolute Gasteiger partial charge is 0.270 e. The molecule has 0 aliphatic heterocycles. The summed E-state index contributed by atoms with van der Waals surface area (Å²) < 4.78 is 9.73. The van der Waals surface area contributed by atoms with Gasteiger partial charge in [0, 0.05) is 24.6 Å². The predicted molar refractivity (Wildman–Crippen MR) is 70.0 cm³/mol.